The van der Waals surface area contributed by atoms with E-state index in [2.05, 4.69) is 35.0 Å². The van der Waals surface area contributed by atoms with Crippen LogP contribution in [0.1, 0.15) is 41.8 Å². The number of benzene rings is 2. The molecule has 0 N–H and O–H groups in total. The number of likely N-dealkylation sites (N-methyl/N-ethyl adjacent to an activating group) is 1. The molecule has 6 rings (SSSR count). The fourth-order valence-electron chi connectivity index (χ4n) is 5.72. The van der Waals surface area contributed by atoms with Crippen molar-refractivity contribution in [3.63, 3.8) is 0 Å². The lowest BCUT2D eigenvalue weighted by molar-refractivity contribution is 0.242. The molecule has 0 spiro atoms. The number of aromatic nitrogens is 2. The predicted molar refractivity (Wildman–Crippen MR) is 155 cm³/mol. The molecule has 3 aromatic rings. The highest BCUT2D eigenvalue weighted by Gasteiger charge is 2.40. The number of carbonyl (C=O) groups excluding carboxylic acids is 1. The van der Waals surface area contributed by atoms with Crippen LogP contribution in [0.4, 0.5) is 22.0 Å². The molecule has 8 nitrogen and oxygen atoms in total. The van der Waals surface area contributed by atoms with E-state index in [4.69, 9.17) is 26.3 Å². The van der Waals surface area contributed by atoms with Gasteiger partial charge in [0.05, 0.1) is 24.4 Å². The van der Waals surface area contributed by atoms with Crippen molar-refractivity contribution in [3.05, 3.63) is 70.1 Å². The molecule has 3 heterocycles. The number of rotatable bonds is 6. The van der Waals surface area contributed by atoms with Crippen molar-refractivity contribution in [2.75, 3.05) is 55.0 Å². The zero-order valence-electron chi connectivity index (χ0n) is 22.9. The topological polar surface area (TPSA) is 65.0 Å². The van der Waals surface area contributed by atoms with Crippen molar-refractivity contribution < 1.29 is 9.53 Å². The van der Waals surface area contributed by atoms with E-state index in [9.17, 15) is 4.79 Å². The molecule has 2 fully saturated rings. The fraction of sp³-hybridized carbons (Fsp3) is 0.433. The maximum atomic E-state index is 13.9. The second-order valence-electron chi connectivity index (χ2n) is 10.8. The van der Waals surface area contributed by atoms with Gasteiger partial charge in [0.1, 0.15) is 17.4 Å². The van der Waals surface area contributed by atoms with Crippen LogP contribution in [-0.2, 0) is 13.0 Å². The van der Waals surface area contributed by atoms with Crippen LogP contribution in [0, 0.1) is 6.92 Å². The Hall–Kier alpha value is -3.36. The highest BCUT2D eigenvalue weighted by molar-refractivity contribution is 6.34. The van der Waals surface area contributed by atoms with Gasteiger partial charge in [-0.2, -0.15) is 0 Å². The summed E-state index contributed by atoms with van der Waals surface area (Å²) in [5.41, 5.74) is 4.86. The van der Waals surface area contributed by atoms with Gasteiger partial charge < -0.3 is 14.5 Å². The van der Waals surface area contributed by atoms with Crippen molar-refractivity contribution in [1.82, 2.24) is 14.9 Å². The summed E-state index contributed by atoms with van der Waals surface area (Å²) in [5, 5.41) is 0.574. The Bertz CT molecular complexity index is 1370. The minimum Gasteiger partial charge on any atom is -0.496 e. The van der Waals surface area contributed by atoms with Gasteiger partial charge in [-0.05, 0) is 50.9 Å². The number of ether oxygens (including phenoxy) is 1. The van der Waals surface area contributed by atoms with Crippen molar-refractivity contribution in [2.45, 2.75) is 45.2 Å². The number of hydrogen-bond donors (Lipinski definition) is 0. The normalized spacial score (nSPS) is 18.3. The van der Waals surface area contributed by atoms with Gasteiger partial charge in [-0.25, -0.2) is 14.8 Å². The zero-order chi connectivity index (χ0) is 27.1. The molecule has 9 heteroatoms. The monoisotopic (exact) mass is 546 g/mol. The number of para-hydroxylation sites is 1. The van der Waals surface area contributed by atoms with Crippen LogP contribution in [0.15, 0.2) is 42.6 Å². The Morgan fingerprint density at radius 3 is 2.59 bits per heavy atom. The molecular formula is C30H35ClN6O2. The molecule has 1 saturated heterocycles. The standard InChI is InChI=1S/C30H35ClN6O2/c1-20-6-4-9-25(31)28(20)36-19-22-18-32-27(33-29(22)37(30(36)38)23-7-5-8-23)16-21-10-11-24(17-26(21)39-3)35-14-12-34(2)13-15-35/h4,6,9-11,17-18,23H,5,7-8,12-16,19H2,1-3H3. The quantitative estimate of drug-likeness (QED) is 0.419. The lowest BCUT2D eigenvalue weighted by atomic mass is 9.91. The van der Waals surface area contributed by atoms with Gasteiger partial charge in [-0.1, -0.05) is 29.8 Å². The Balaban J connectivity index is 1.30. The summed E-state index contributed by atoms with van der Waals surface area (Å²) in [6, 6.07) is 12.2. The van der Waals surface area contributed by atoms with Gasteiger partial charge in [0.25, 0.3) is 0 Å². The first kappa shape index (κ1) is 25.9. The molecular weight excluding hydrogens is 512 g/mol. The minimum absolute atomic E-state index is 0.0674. The van der Waals surface area contributed by atoms with Gasteiger partial charge in [0.15, 0.2) is 0 Å². The summed E-state index contributed by atoms with van der Waals surface area (Å²) in [7, 11) is 3.87. The van der Waals surface area contributed by atoms with Crippen LogP contribution in [0.2, 0.25) is 5.02 Å². The third kappa shape index (κ3) is 4.92. The van der Waals surface area contributed by atoms with Crippen molar-refractivity contribution in [2.24, 2.45) is 0 Å². The summed E-state index contributed by atoms with van der Waals surface area (Å²) < 4.78 is 5.79. The third-order valence-corrected chi connectivity index (χ3v) is 8.58. The second-order valence-corrected chi connectivity index (χ2v) is 11.2. The number of halogens is 1. The maximum Gasteiger partial charge on any atom is 0.330 e. The molecule has 3 aliphatic rings. The zero-order valence-corrected chi connectivity index (χ0v) is 23.6. The highest BCUT2D eigenvalue weighted by atomic mass is 35.5. The van der Waals surface area contributed by atoms with Crippen LogP contribution < -0.4 is 19.4 Å². The minimum atomic E-state index is -0.0674. The van der Waals surface area contributed by atoms with Crippen molar-refractivity contribution in [3.8, 4) is 5.75 Å². The summed E-state index contributed by atoms with van der Waals surface area (Å²) >= 11 is 6.58. The first-order valence-corrected chi connectivity index (χ1v) is 14.1. The second kappa shape index (κ2) is 10.7. The van der Waals surface area contributed by atoms with Crippen LogP contribution in [0.5, 0.6) is 5.75 Å². The summed E-state index contributed by atoms with van der Waals surface area (Å²) in [5.74, 6) is 2.24. The summed E-state index contributed by atoms with van der Waals surface area (Å²) in [4.78, 5) is 32.0. The van der Waals surface area contributed by atoms with Crippen molar-refractivity contribution in [1.29, 1.82) is 0 Å². The number of methoxy groups -OCH3 is 1. The molecule has 0 radical (unpaired) electrons. The number of hydrogen-bond acceptors (Lipinski definition) is 6. The van der Waals surface area contributed by atoms with Gasteiger partial charge in [0, 0.05) is 67.7 Å². The largest absolute Gasteiger partial charge is 0.496 e. The number of piperazine rings is 1. The smallest absolute Gasteiger partial charge is 0.330 e. The third-order valence-electron chi connectivity index (χ3n) is 8.27. The van der Waals surface area contributed by atoms with Gasteiger partial charge in [-0.3, -0.25) is 9.80 Å². The van der Waals surface area contributed by atoms with E-state index >= 15 is 0 Å². The fourth-order valence-corrected chi connectivity index (χ4v) is 6.05. The van der Waals surface area contributed by atoms with Crippen LogP contribution in [0.3, 0.4) is 0 Å². The molecule has 2 amide bonds. The molecule has 2 aliphatic heterocycles. The average molecular weight is 547 g/mol. The number of aryl methyl sites for hydroxylation is 1. The predicted octanol–water partition coefficient (Wildman–Crippen LogP) is 5.29. The van der Waals surface area contributed by atoms with Crippen LogP contribution in [0.25, 0.3) is 0 Å². The van der Waals surface area contributed by atoms with E-state index in [1.54, 1.807) is 12.0 Å². The lowest BCUT2D eigenvalue weighted by Gasteiger charge is -2.43. The summed E-state index contributed by atoms with van der Waals surface area (Å²) in [6.45, 7) is 6.49. The first-order valence-electron chi connectivity index (χ1n) is 13.7. The van der Waals surface area contributed by atoms with E-state index in [1.807, 2.05) is 36.2 Å². The van der Waals surface area contributed by atoms with Gasteiger partial charge >= 0.3 is 6.03 Å². The molecule has 1 aliphatic carbocycles. The molecule has 204 valence electrons. The molecule has 39 heavy (non-hydrogen) atoms. The highest BCUT2D eigenvalue weighted by Crippen LogP contribution is 2.40. The number of nitrogens with zero attached hydrogens (tertiary/aromatic N) is 6. The van der Waals surface area contributed by atoms with Gasteiger partial charge in [-0.15, -0.1) is 0 Å². The molecule has 0 bridgehead atoms. The van der Waals surface area contributed by atoms with E-state index in [0.717, 1.165) is 79.4 Å². The van der Waals surface area contributed by atoms with E-state index < -0.39 is 0 Å². The lowest BCUT2D eigenvalue weighted by Crippen LogP contribution is -2.54. The first-order chi connectivity index (χ1) is 18.9. The van der Waals surface area contributed by atoms with Crippen LogP contribution >= 0.6 is 11.6 Å². The van der Waals surface area contributed by atoms with Crippen molar-refractivity contribution >= 4 is 34.8 Å². The molecule has 0 atom stereocenters. The number of fused-ring (bicyclic) bond motifs is 1. The Labute approximate surface area is 235 Å². The molecule has 0 unspecified atom stereocenters. The van der Waals surface area contributed by atoms with E-state index in [0.29, 0.717) is 23.8 Å². The van der Waals surface area contributed by atoms with E-state index in [1.165, 1.54) is 5.69 Å². The number of urea groups is 1. The molecule has 1 aromatic heterocycles. The Morgan fingerprint density at radius 1 is 1.10 bits per heavy atom. The van der Waals surface area contributed by atoms with E-state index in [-0.39, 0.29) is 12.1 Å². The molecule has 2 aromatic carbocycles. The number of anilines is 3. The van der Waals surface area contributed by atoms with Gasteiger partial charge in [0.2, 0.25) is 0 Å². The number of amides is 2. The SMILES string of the molecule is COc1cc(N2CCN(C)CC2)ccc1Cc1ncc2c(n1)N(C1CCC1)C(=O)N(c1c(C)cccc1Cl)C2. The summed E-state index contributed by atoms with van der Waals surface area (Å²) in [6.07, 6.45) is 5.46. The molecule has 1 saturated carbocycles. The maximum absolute atomic E-state index is 13.9. The number of carbonyl (C=O) groups is 1. The van der Waals surface area contributed by atoms with Crippen LogP contribution in [-0.4, -0.2) is 67.3 Å². The Morgan fingerprint density at radius 2 is 1.90 bits per heavy atom. The Kier molecular flexibility index (Phi) is 7.08. The average Bonchev–Trinajstić information content (AvgIpc) is 2.90.